The minimum absolute atomic E-state index is 0.114. The summed E-state index contributed by atoms with van der Waals surface area (Å²) in [4.78, 5) is 12.1. The second-order valence-corrected chi connectivity index (χ2v) is 8.06. The van der Waals surface area contributed by atoms with Crippen LogP contribution in [0.25, 0.3) is 0 Å². The first-order valence-corrected chi connectivity index (χ1v) is 9.70. The molecule has 8 heteroatoms. The largest absolute Gasteiger partial charge is 0.372 e. The predicted molar refractivity (Wildman–Crippen MR) is 96.7 cm³/mol. The molecule has 1 saturated heterocycles. The van der Waals surface area contributed by atoms with Crippen LogP contribution in [0.1, 0.15) is 11.1 Å². The summed E-state index contributed by atoms with van der Waals surface area (Å²) in [6.07, 6.45) is 0. The third-order valence-electron chi connectivity index (χ3n) is 4.53. The molecule has 0 radical (unpaired) electrons. The lowest BCUT2D eigenvalue weighted by atomic mass is 9.86. The van der Waals surface area contributed by atoms with E-state index in [1.165, 1.54) is 28.6 Å². The molecule has 1 heterocycles. The van der Waals surface area contributed by atoms with Gasteiger partial charge in [0.1, 0.15) is 0 Å². The molecule has 0 spiro atoms. The van der Waals surface area contributed by atoms with E-state index in [0.29, 0.717) is 31.7 Å². The number of piperazine rings is 1. The van der Waals surface area contributed by atoms with Crippen molar-refractivity contribution >= 4 is 15.9 Å². The van der Waals surface area contributed by atoms with Crippen LogP contribution in [-0.4, -0.2) is 49.9 Å². The summed E-state index contributed by atoms with van der Waals surface area (Å²) >= 11 is 0. The SMILES string of the molecule is NC(=O)C(O)(c1ccccc1)c1ccc(S(=O)(=O)N2CCNCC2)cc1. The van der Waals surface area contributed by atoms with Crippen LogP contribution in [-0.2, 0) is 20.4 Å². The van der Waals surface area contributed by atoms with Gasteiger partial charge in [-0.25, -0.2) is 8.42 Å². The summed E-state index contributed by atoms with van der Waals surface area (Å²) in [6, 6.07) is 14.0. The number of amides is 1. The molecule has 2 aromatic rings. The van der Waals surface area contributed by atoms with Gasteiger partial charge in [-0.3, -0.25) is 4.79 Å². The Morgan fingerprint density at radius 2 is 1.54 bits per heavy atom. The highest BCUT2D eigenvalue weighted by molar-refractivity contribution is 7.89. The Morgan fingerprint density at radius 3 is 2.08 bits per heavy atom. The monoisotopic (exact) mass is 375 g/mol. The number of hydrogen-bond donors (Lipinski definition) is 3. The van der Waals surface area contributed by atoms with Crippen molar-refractivity contribution in [2.24, 2.45) is 5.73 Å². The van der Waals surface area contributed by atoms with Crippen LogP contribution in [0.5, 0.6) is 0 Å². The number of sulfonamides is 1. The van der Waals surface area contributed by atoms with Gasteiger partial charge in [0.2, 0.25) is 10.0 Å². The highest BCUT2D eigenvalue weighted by Gasteiger charge is 2.38. The number of primary amides is 1. The Morgan fingerprint density at radius 1 is 1.00 bits per heavy atom. The number of aliphatic hydroxyl groups is 1. The van der Waals surface area contributed by atoms with Gasteiger partial charge in [-0.2, -0.15) is 4.31 Å². The third-order valence-corrected chi connectivity index (χ3v) is 6.45. The topological polar surface area (TPSA) is 113 Å². The van der Waals surface area contributed by atoms with Crippen LogP contribution in [0.15, 0.2) is 59.5 Å². The predicted octanol–water partition coefficient (Wildman–Crippen LogP) is 0.00170. The molecule has 2 aromatic carbocycles. The van der Waals surface area contributed by atoms with Gasteiger partial charge in [-0.1, -0.05) is 42.5 Å². The number of nitrogens with one attached hydrogen (secondary N) is 1. The quantitative estimate of drug-likeness (QED) is 0.681. The van der Waals surface area contributed by atoms with Crippen molar-refractivity contribution in [3.8, 4) is 0 Å². The maximum Gasteiger partial charge on any atom is 0.258 e. The highest BCUT2D eigenvalue weighted by atomic mass is 32.2. The molecule has 1 aliphatic heterocycles. The van der Waals surface area contributed by atoms with Crippen molar-refractivity contribution in [3.63, 3.8) is 0 Å². The van der Waals surface area contributed by atoms with Gasteiger partial charge in [0.05, 0.1) is 4.90 Å². The third kappa shape index (κ3) is 3.24. The van der Waals surface area contributed by atoms with Crippen LogP contribution < -0.4 is 11.1 Å². The van der Waals surface area contributed by atoms with Gasteiger partial charge in [0.25, 0.3) is 5.91 Å². The molecule has 0 saturated carbocycles. The maximum atomic E-state index is 12.7. The van der Waals surface area contributed by atoms with Crippen molar-refractivity contribution in [3.05, 3.63) is 65.7 Å². The second-order valence-electron chi connectivity index (χ2n) is 6.12. The number of benzene rings is 2. The first-order chi connectivity index (χ1) is 12.4. The summed E-state index contributed by atoms with van der Waals surface area (Å²) in [5.74, 6) is -0.929. The Kier molecular flexibility index (Phi) is 5.10. The Bertz CT molecular complexity index is 878. The minimum Gasteiger partial charge on any atom is -0.372 e. The first kappa shape index (κ1) is 18.5. The number of hydrogen-bond acceptors (Lipinski definition) is 5. The first-order valence-electron chi connectivity index (χ1n) is 8.26. The molecular weight excluding hydrogens is 354 g/mol. The molecule has 26 heavy (non-hydrogen) atoms. The highest BCUT2D eigenvalue weighted by Crippen LogP contribution is 2.30. The van der Waals surface area contributed by atoms with Gasteiger partial charge in [0, 0.05) is 26.2 Å². The number of nitrogens with two attached hydrogens (primary N) is 1. The van der Waals surface area contributed by atoms with E-state index in [2.05, 4.69) is 5.32 Å². The van der Waals surface area contributed by atoms with Crippen LogP contribution in [0.2, 0.25) is 0 Å². The fourth-order valence-corrected chi connectivity index (χ4v) is 4.47. The van der Waals surface area contributed by atoms with E-state index in [4.69, 9.17) is 5.73 Å². The molecule has 0 aliphatic carbocycles. The molecule has 1 amide bonds. The molecule has 3 rings (SSSR count). The van der Waals surface area contributed by atoms with E-state index in [1.807, 2.05) is 0 Å². The van der Waals surface area contributed by atoms with Crippen molar-refractivity contribution in [1.29, 1.82) is 0 Å². The summed E-state index contributed by atoms with van der Waals surface area (Å²) in [5, 5.41) is 14.0. The molecule has 138 valence electrons. The number of rotatable bonds is 5. The average Bonchev–Trinajstić information content (AvgIpc) is 2.68. The average molecular weight is 375 g/mol. The molecule has 7 nitrogen and oxygen atoms in total. The normalized spacial score (nSPS) is 18.2. The Labute approximate surface area is 152 Å². The van der Waals surface area contributed by atoms with Gasteiger partial charge in [0.15, 0.2) is 5.60 Å². The molecule has 1 aliphatic rings. The summed E-state index contributed by atoms with van der Waals surface area (Å²) < 4.78 is 26.8. The zero-order valence-electron chi connectivity index (χ0n) is 14.1. The maximum absolute atomic E-state index is 12.7. The van der Waals surface area contributed by atoms with Crippen LogP contribution in [0, 0.1) is 0 Å². The van der Waals surface area contributed by atoms with E-state index < -0.39 is 21.5 Å². The summed E-state index contributed by atoms with van der Waals surface area (Å²) in [6.45, 7) is 2.01. The van der Waals surface area contributed by atoms with E-state index >= 15 is 0 Å². The molecule has 0 bridgehead atoms. The zero-order valence-corrected chi connectivity index (χ0v) is 14.9. The lowest BCUT2D eigenvalue weighted by molar-refractivity contribution is -0.133. The molecule has 0 aromatic heterocycles. The van der Waals surface area contributed by atoms with E-state index in [1.54, 1.807) is 30.3 Å². The second kappa shape index (κ2) is 7.16. The van der Waals surface area contributed by atoms with Crippen LogP contribution >= 0.6 is 0 Å². The summed E-state index contributed by atoms with van der Waals surface area (Å²) in [7, 11) is -3.61. The van der Waals surface area contributed by atoms with E-state index in [-0.39, 0.29) is 10.5 Å². The van der Waals surface area contributed by atoms with Crippen LogP contribution in [0.3, 0.4) is 0 Å². The molecule has 1 atom stereocenters. The van der Waals surface area contributed by atoms with Gasteiger partial charge in [-0.15, -0.1) is 0 Å². The van der Waals surface area contributed by atoms with Crippen molar-refractivity contribution in [1.82, 2.24) is 9.62 Å². The van der Waals surface area contributed by atoms with Crippen molar-refractivity contribution in [2.75, 3.05) is 26.2 Å². The van der Waals surface area contributed by atoms with E-state index in [0.717, 1.165) is 0 Å². The number of nitrogens with zero attached hydrogens (tertiary/aromatic N) is 1. The molecular formula is C18H21N3O4S. The zero-order chi connectivity index (χ0) is 18.8. The Hall–Kier alpha value is -2.26. The van der Waals surface area contributed by atoms with Crippen molar-refractivity contribution < 1.29 is 18.3 Å². The fourth-order valence-electron chi connectivity index (χ4n) is 3.03. The van der Waals surface area contributed by atoms with Crippen LogP contribution in [0.4, 0.5) is 0 Å². The summed E-state index contributed by atoms with van der Waals surface area (Å²) in [5.41, 5.74) is 3.97. The number of carbonyl (C=O) groups excluding carboxylic acids is 1. The standard InChI is InChI=1S/C18H21N3O4S/c19-17(22)18(23,14-4-2-1-3-5-14)15-6-8-16(9-7-15)26(24,25)21-12-10-20-11-13-21/h1-9,20,23H,10-13H2,(H2,19,22). The van der Waals surface area contributed by atoms with Gasteiger partial charge >= 0.3 is 0 Å². The minimum atomic E-state index is -3.61. The van der Waals surface area contributed by atoms with Crippen molar-refractivity contribution in [2.45, 2.75) is 10.5 Å². The smallest absolute Gasteiger partial charge is 0.258 e. The fraction of sp³-hybridized carbons (Fsp3) is 0.278. The number of carbonyl (C=O) groups is 1. The molecule has 4 N–H and O–H groups in total. The Balaban J connectivity index is 1.97. The van der Waals surface area contributed by atoms with E-state index in [9.17, 15) is 18.3 Å². The lowest BCUT2D eigenvalue weighted by Gasteiger charge is -2.28. The van der Waals surface area contributed by atoms with Gasteiger partial charge < -0.3 is 16.2 Å². The molecule has 1 unspecified atom stereocenters. The van der Waals surface area contributed by atoms with Gasteiger partial charge in [-0.05, 0) is 23.3 Å². The lowest BCUT2D eigenvalue weighted by Crippen LogP contribution is -2.46. The molecule has 1 fully saturated rings.